The zero-order chi connectivity index (χ0) is 10.1. The van der Waals surface area contributed by atoms with E-state index in [1.54, 1.807) is 0 Å². The smallest absolute Gasteiger partial charge is 0.0880 e. The first-order chi connectivity index (χ1) is 6.00. The van der Waals surface area contributed by atoms with E-state index in [0.29, 0.717) is 11.8 Å². The van der Waals surface area contributed by atoms with E-state index in [1.165, 1.54) is 5.57 Å². The molecule has 0 amide bonds. The van der Waals surface area contributed by atoms with E-state index in [9.17, 15) is 5.11 Å². The van der Waals surface area contributed by atoms with Crippen LogP contribution in [0.4, 0.5) is 0 Å². The largest absolute Gasteiger partial charge is 0.385 e. The van der Waals surface area contributed by atoms with Gasteiger partial charge in [-0.05, 0) is 31.6 Å². The second kappa shape index (κ2) is 3.83. The molecule has 0 radical (unpaired) electrons. The van der Waals surface area contributed by atoms with Crippen molar-refractivity contribution in [1.82, 2.24) is 0 Å². The Morgan fingerprint density at radius 1 is 1.62 bits per heavy atom. The number of hydrogen-bond donors (Lipinski definition) is 1. The molecule has 1 aliphatic carbocycles. The first kappa shape index (κ1) is 10.8. The van der Waals surface area contributed by atoms with Gasteiger partial charge in [0.25, 0.3) is 0 Å². The Labute approximate surface area is 81.9 Å². The van der Waals surface area contributed by atoms with Crippen LogP contribution in [0.15, 0.2) is 11.6 Å². The first-order valence-corrected chi connectivity index (χ1v) is 5.41. The minimum absolute atomic E-state index is 0.327. The van der Waals surface area contributed by atoms with E-state index in [2.05, 4.69) is 33.8 Å². The summed E-state index contributed by atoms with van der Waals surface area (Å²) in [7, 11) is 0. The lowest BCUT2D eigenvalue weighted by Gasteiger charge is -2.40. The van der Waals surface area contributed by atoms with Crippen molar-refractivity contribution < 1.29 is 5.11 Å². The third-order valence-electron chi connectivity index (χ3n) is 3.44. The van der Waals surface area contributed by atoms with E-state index in [0.717, 1.165) is 19.3 Å². The highest BCUT2D eigenvalue weighted by Gasteiger charge is 2.38. The van der Waals surface area contributed by atoms with Crippen molar-refractivity contribution in [2.24, 2.45) is 11.8 Å². The molecule has 1 unspecified atom stereocenters. The third kappa shape index (κ3) is 1.96. The fourth-order valence-corrected chi connectivity index (χ4v) is 2.39. The van der Waals surface area contributed by atoms with Gasteiger partial charge in [-0.25, -0.2) is 0 Å². The summed E-state index contributed by atoms with van der Waals surface area (Å²) in [6, 6.07) is 0. The second-order valence-electron chi connectivity index (χ2n) is 4.68. The van der Waals surface area contributed by atoms with Gasteiger partial charge in [0.15, 0.2) is 0 Å². The Kier molecular flexibility index (Phi) is 3.18. The average Bonchev–Trinajstić information content (AvgIpc) is 2.04. The van der Waals surface area contributed by atoms with Crippen molar-refractivity contribution in [2.75, 3.05) is 0 Å². The highest BCUT2D eigenvalue weighted by Crippen LogP contribution is 2.38. The standard InChI is InChI=1S/C12H22O/c1-5-11-7-6-10(4)8-12(11,13)9(2)3/h8-9,11,13H,5-7H2,1-4H3/t11?,12-/m0/s1. The zero-order valence-electron chi connectivity index (χ0n) is 9.30. The highest BCUT2D eigenvalue weighted by atomic mass is 16.3. The van der Waals surface area contributed by atoms with Gasteiger partial charge in [-0.15, -0.1) is 0 Å². The predicted octanol–water partition coefficient (Wildman–Crippen LogP) is 3.14. The second-order valence-corrected chi connectivity index (χ2v) is 4.68. The lowest BCUT2D eigenvalue weighted by atomic mass is 9.70. The lowest BCUT2D eigenvalue weighted by Crippen LogP contribution is -2.43. The number of hydrogen-bond acceptors (Lipinski definition) is 1. The molecule has 0 fully saturated rings. The van der Waals surface area contributed by atoms with Gasteiger partial charge in [-0.1, -0.05) is 38.8 Å². The molecular weight excluding hydrogens is 160 g/mol. The molecule has 1 aliphatic rings. The summed E-state index contributed by atoms with van der Waals surface area (Å²) in [5.74, 6) is 0.781. The molecule has 0 spiro atoms. The topological polar surface area (TPSA) is 20.2 Å². The summed E-state index contributed by atoms with van der Waals surface area (Å²) in [6.45, 7) is 8.52. The molecule has 1 heteroatoms. The Morgan fingerprint density at radius 3 is 2.69 bits per heavy atom. The summed E-state index contributed by atoms with van der Waals surface area (Å²) in [5.41, 5.74) is 0.803. The van der Waals surface area contributed by atoms with Crippen LogP contribution in [0.2, 0.25) is 0 Å². The molecule has 1 N–H and O–H groups in total. The summed E-state index contributed by atoms with van der Waals surface area (Å²) >= 11 is 0. The van der Waals surface area contributed by atoms with Crippen molar-refractivity contribution >= 4 is 0 Å². The van der Waals surface area contributed by atoms with Crippen molar-refractivity contribution in [3.05, 3.63) is 11.6 Å². The van der Waals surface area contributed by atoms with Crippen LogP contribution >= 0.6 is 0 Å². The van der Waals surface area contributed by atoms with Crippen molar-refractivity contribution in [2.45, 2.75) is 52.6 Å². The van der Waals surface area contributed by atoms with Crippen LogP contribution in [0, 0.1) is 11.8 Å². The Bertz CT molecular complexity index is 205. The average molecular weight is 182 g/mol. The lowest BCUT2D eigenvalue weighted by molar-refractivity contribution is -0.0249. The van der Waals surface area contributed by atoms with E-state index >= 15 is 0 Å². The molecule has 0 saturated heterocycles. The normalized spacial score (nSPS) is 34.9. The quantitative estimate of drug-likeness (QED) is 0.650. The summed E-state index contributed by atoms with van der Waals surface area (Å²) in [6.07, 6.45) is 5.48. The van der Waals surface area contributed by atoms with E-state index in [4.69, 9.17) is 0 Å². The molecule has 13 heavy (non-hydrogen) atoms. The zero-order valence-corrected chi connectivity index (χ0v) is 9.30. The molecule has 0 aromatic carbocycles. The summed E-state index contributed by atoms with van der Waals surface area (Å²) in [5, 5.41) is 10.5. The van der Waals surface area contributed by atoms with Gasteiger partial charge >= 0.3 is 0 Å². The van der Waals surface area contributed by atoms with Gasteiger partial charge in [-0.2, -0.15) is 0 Å². The predicted molar refractivity (Wildman–Crippen MR) is 56.6 cm³/mol. The third-order valence-corrected chi connectivity index (χ3v) is 3.44. The molecule has 0 saturated carbocycles. The highest BCUT2D eigenvalue weighted by molar-refractivity contribution is 5.16. The molecule has 0 aromatic heterocycles. The molecule has 76 valence electrons. The maximum absolute atomic E-state index is 10.5. The molecule has 1 nitrogen and oxygen atoms in total. The number of rotatable bonds is 2. The maximum atomic E-state index is 10.5. The maximum Gasteiger partial charge on any atom is 0.0880 e. The Balaban J connectivity index is 2.93. The van der Waals surface area contributed by atoms with Gasteiger partial charge in [0.05, 0.1) is 5.60 Å². The van der Waals surface area contributed by atoms with Crippen LogP contribution in [0.25, 0.3) is 0 Å². The molecule has 0 heterocycles. The number of allylic oxidation sites excluding steroid dienone is 1. The monoisotopic (exact) mass is 182 g/mol. The van der Waals surface area contributed by atoms with Gasteiger partial charge < -0.3 is 5.11 Å². The molecule has 0 bridgehead atoms. The summed E-state index contributed by atoms with van der Waals surface area (Å²) in [4.78, 5) is 0. The minimum Gasteiger partial charge on any atom is -0.385 e. The SMILES string of the molecule is CCC1CCC(C)=C[C@]1(O)C(C)C. The van der Waals surface area contributed by atoms with E-state index < -0.39 is 5.60 Å². The Morgan fingerprint density at radius 2 is 2.23 bits per heavy atom. The molecule has 2 atom stereocenters. The van der Waals surface area contributed by atoms with Crippen molar-refractivity contribution in [1.29, 1.82) is 0 Å². The van der Waals surface area contributed by atoms with Gasteiger partial charge in [0.1, 0.15) is 0 Å². The molecular formula is C12H22O. The van der Waals surface area contributed by atoms with Crippen molar-refractivity contribution in [3.8, 4) is 0 Å². The fourth-order valence-electron chi connectivity index (χ4n) is 2.39. The number of aliphatic hydroxyl groups is 1. The Hall–Kier alpha value is -0.300. The van der Waals surface area contributed by atoms with Crippen LogP contribution in [0.3, 0.4) is 0 Å². The van der Waals surface area contributed by atoms with Crippen LogP contribution in [0.1, 0.15) is 47.0 Å². The fraction of sp³-hybridized carbons (Fsp3) is 0.833. The molecule has 0 aliphatic heterocycles. The molecule has 0 aromatic rings. The van der Waals surface area contributed by atoms with Gasteiger partial charge in [0.2, 0.25) is 0 Å². The minimum atomic E-state index is -0.545. The van der Waals surface area contributed by atoms with Gasteiger partial charge in [0, 0.05) is 0 Å². The van der Waals surface area contributed by atoms with E-state index in [-0.39, 0.29) is 0 Å². The van der Waals surface area contributed by atoms with Crippen LogP contribution in [-0.4, -0.2) is 10.7 Å². The first-order valence-electron chi connectivity index (χ1n) is 5.41. The van der Waals surface area contributed by atoms with Crippen LogP contribution in [-0.2, 0) is 0 Å². The van der Waals surface area contributed by atoms with Crippen LogP contribution < -0.4 is 0 Å². The van der Waals surface area contributed by atoms with Crippen molar-refractivity contribution in [3.63, 3.8) is 0 Å². The van der Waals surface area contributed by atoms with Gasteiger partial charge in [-0.3, -0.25) is 0 Å². The van der Waals surface area contributed by atoms with E-state index in [1.807, 2.05) is 0 Å². The summed E-state index contributed by atoms with van der Waals surface area (Å²) < 4.78 is 0. The molecule has 1 rings (SSSR count). The van der Waals surface area contributed by atoms with Crippen LogP contribution in [0.5, 0.6) is 0 Å².